The summed E-state index contributed by atoms with van der Waals surface area (Å²) >= 11 is 0. The molecule has 0 atom stereocenters. The number of rotatable bonds is 6. The van der Waals surface area contributed by atoms with Gasteiger partial charge in [-0.2, -0.15) is 0 Å². The molecule has 3 aromatic carbocycles. The Morgan fingerprint density at radius 3 is 2.03 bits per heavy atom. The van der Waals surface area contributed by atoms with Crippen LogP contribution in [0.25, 0.3) is 0 Å². The number of hydrogen-bond acceptors (Lipinski definition) is 3. The molecule has 0 saturated carbocycles. The van der Waals surface area contributed by atoms with Crippen LogP contribution >= 0.6 is 0 Å². The minimum Gasteiger partial charge on any atom is -0.336 e. The van der Waals surface area contributed by atoms with Crippen molar-refractivity contribution in [3.05, 3.63) is 107 Å². The van der Waals surface area contributed by atoms with Crippen LogP contribution in [-0.2, 0) is 6.42 Å². The zero-order valence-electron chi connectivity index (χ0n) is 17.3. The molecule has 4 nitrogen and oxygen atoms in total. The quantitative estimate of drug-likeness (QED) is 0.569. The highest BCUT2D eigenvalue weighted by molar-refractivity contribution is 6.15. The second-order valence-corrected chi connectivity index (χ2v) is 7.75. The lowest BCUT2D eigenvalue weighted by Crippen LogP contribution is -2.49. The Balaban J connectivity index is 1.40. The number of carbonyl (C=O) groups excluding carboxylic acids is 2. The number of hydrogen-bond donors (Lipinski definition) is 0. The highest BCUT2D eigenvalue weighted by Crippen LogP contribution is 2.18. The molecule has 31 heavy (non-hydrogen) atoms. The molecular weight excluding hydrogens is 391 g/mol. The minimum atomic E-state index is -0.397. The van der Waals surface area contributed by atoms with Gasteiger partial charge in [0, 0.05) is 43.9 Å². The molecule has 0 spiro atoms. The third kappa shape index (κ3) is 5.06. The van der Waals surface area contributed by atoms with Crippen molar-refractivity contribution in [2.24, 2.45) is 0 Å². The molecule has 1 aliphatic rings. The fraction of sp³-hybridized carbons (Fsp3) is 0.231. The number of halogens is 1. The third-order valence-electron chi connectivity index (χ3n) is 5.73. The van der Waals surface area contributed by atoms with Crippen molar-refractivity contribution in [1.29, 1.82) is 0 Å². The Bertz CT molecular complexity index is 1040. The molecule has 158 valence electrons. The van der Waals surface area contributed by atoms with Crippen molar-refractivity contribution in [2.45, 2.75) is 6.42 Å². The third-order valence-corrected chi connectivity index (χ3v) is 5.73. The van der Waals surface area contributed by atoms with E-state index in [1.54, 1.807) is 24.3 Å². The van der Waals surface area contributed by atoms with Crippen LogP contribution < -0.4 is 0 Å². The second-order valence-electron chi connectivity index (χ2n) is 7.75. The first kappa shape index (κ1) is 20.9. The van der Waals surface area contributed by atoms with E-state index in [-0.39, 0.29) is 11.7 Å². The molecule has 3 aromatic rings. The van der Waals surface area contributed by atoms with Gasteiger partial charge in [-0.25, -0.2) is 4.39 Å². The molecule has 0 N–H and O–H groups in total. The van der Waals surface area contributed by atoms with E-state index < -0.39 is 5.82 Å². The summed E-state index contributed by atoms with van der Waals surface area (Å²) in [6, 6.07) is 22.7. The van der Waals surface area contributed by atoms with E-state index in [0.29, 0.717) is 29.8 Å². The van der Waals surface area contributed by atoms with Gasteiger partial charge in [-0.1, -0.05) is 48.5 Å². The Morgan fingerprint density at radius 1 is 0.742 bits per heavy atom. The number of piperazine rings is 1. The average molecular weight is 416 g/mol. The maximum atomic E-state index is 13.2. The Hall–Kier alpha value is -3.31. The SMILES string of the molecule is O=C(c1ccc(F)cc1)c1ccccc1C(=O)N1CCN(CCc2ccccc2)CC1. The number of amides is 1. The molecule has 1 saturated heterocycles. The zero-order chi connectivity index (χ0) is 21.6. The molecule has 5 heteroatoms. The molecule has 1 fully saturated rings. The van der Waals surface area contributed by atoms with Crippen molar-refractivity contribution in [2.75, 3.05) is 32.7 Å². The highest BCUT2D eigenvalue weighted by atomic mass is 19.1. The van der Waals surface area contributed by atoms with Crippen LogP contribution in [0.15, 0.2) is 78.9 Å². The van der Waals surface area contributed by atoms with Crippen LogP contribution in [-0.4, -0.2) is 54.2 Å². The van der Waals surface area contributed by atoms with Crippen LogP contribution in [0, 0.1) is 5.82 Å². The van der Waals surface area contributed by atoms with Gasteiger partial charge in [-0.3, -0.25) is 14.5 Å². The second kappa shape index (κ2) is 9.67. The van der Waals surface area contributed by atoms with E-state index >= 15 is 0 Å². The van der Waals surface area contributed by atoms with Crippen LogP contribution in [0.5, 0.6) is 0 Å². The summed E-state index contributed by atoms with van der Waals surface area (Å²) in [7, 11) is 0. The van der Waals surface area contributed by atoms with Crippen molar-refractivity contribution in [3.63, 3.8) is 0 Å². The molecule has 1 aliphatic heterocycles. The Morgan fingerprint density at radius 2 is 1.35 bits per heavy atom. The molecule has 0 unspecified atom stereocenters. The number of nitrogens with zero attached hydrogens (tertiary/aromatic N) is 2. The smallest absolute Gasteiger partial charge is 0.254 e. The summed E-state index contributed by atoms with van der Waals surface area (Å²) in [5.41, 5.74) is 2.43. The van der Waals surface area contributed by atoms with E-state index in [4.69, 9.17) is 0 Å². The van der Waals surface area contributed by atoms with Crippen molar-refractivity contribution in [1.82, 2.24) is 9.80 Å². The maximum Gasteiger partial charge on any atom is 0.254 e. The van der Waals surface area contributed by atoms with Crippen LogP contribution in [0.2, 0.25) is 0 Å². The molecular formula is C26H25FN2O2. The molecule has 0 aromatic heterocycles. The normalized spacial score (nSPS) is 14.4. The maximum absolute atomic E-state index is 13.2. The summed E-state index contributed by atoms with van der Waals surface area (Å²) in [5.74, 6) is -0.801. The zero-order valence-corrected chi connectivity index (χ0v) is 17.3. The van der Waals surface area contributed by atoms with Gasteiger partial charge in [0.2, 0.25) is 0 Å². The molecule has 1 amide bonds. The van der Waals surface area contributed by atoms with Crippen molar-refractivity contribution in [3.8, 4) is 0 Å². The Labute approximate surface area is 181 Å². The summed E-state index contributed by atoms with van der Waals surface area (Å²) < 4.78 is 13.2. The fourth-order valence-electron chi connectivity index (χ4n) is 3.90. The monoisotopic (exact) mass is 416 g/mol. The lowest BCUT2D eigenvalue weighted by molar-refractivity contribution is 0.0635. The molecule has 4 rings (SSSR count). The summed E-state index contributed by atoms with van der Waals surface area (Å²) in [6.45, 7) is 3.85. The van der Waals surface area contributed by atoms with Gasteiger partial charge in [0.15, 0.2) is 5.78 Å². The molecule has 1 heterocycles. The van der Waals surface area contributed by atoms with Gasteiger partial charge in [-0.15, -0.1) is 0 Å². The predicted octanol–water partition coefficient (Wildman–Crippen LogP) is 4.06. The number of carbonyl (C=O) groups is 2. The highest BCUT2D eigenvalue weighted by Gasteiger charge is 2.25. The Kier molecular flexibility index (Phi) is 6.53. The molecule has 0 radical (unpaired) electrons. The number of benzene rings is 3. The summed E-state index contributed by atoms with van der Waals surface area (Å²) in [5, 5.41) is 0. The van der Waals surface area contributed by atoms with Gasteiger partial charge in [0.25, 0.3) is 5.91 Å². The minimum absolute atomic E-state index is 0.131. The van der Waals surface area contributed by atoms with E-state index in [1.807, 2.05) is 11.0 Å². The fourth-order valence-corrected chi connectivity index (χ4v) is 3.90. The van der Waals surface area contributed by atoms with Crippen LogP contribution in [0.3, 0.4) is 0 Å². The van der Waals surface area contributed by atoms with E-state index in [0.717, 1.165) is 26.1 Å². The van der Waals surface area contributed by atoms with Gasteiger partial charge in [0.1, 0.15) is 5.82 Å². The summed E-state index contributed by atoms with van der Waals surface area (Å²) in [4.78, 5) is 30.3. The van der Waals surface area contributed by atoms with E-state index in [2.05, 4.69) is 29.2 Å². The first-order valence-electron chi connectivity index (χ1n) is 10.6. The predicted molar refractivity (Wildman–Crippen MR) is 119 cm³/mol. The topological polar surface area (TPSA) is 40.6 Å². The largest absolute Gasteiger partial charge is 0.336 e. The van der Waals surface area contributed by atoms with Crippen LogP contribution in [0.1, 0.15) is 31.8 Å². The molecule has 0 bridgehead atoms. The standard InChI is InChI=1S/C26H25FN2O2/c27-22-12-10-21(11-13-22)25(30)23-8-4-5-9-24(23)26(31)29-18-16-28(17-19-29)15-14-20-6-2-1-3-7-20/h1-13H,14-19H2. The summed E-state index contributed by atoms with van der Waals surface area (Å²) in [6.07, 6.45) is 0.990. The first-order valence-corrected chi connectivity index (χ1v) is 10.6. The molecule has 0 aliphatic carbocycles. The van der Waals surface area contributed by atoms with Gasteiger partial charge in [-0.05, 0) is 42.3 Å². The first-order chi connectivity index (χ1) is 15.1. The van der Waals surface area contributed by atoms with Gasteiger partial charge >= 0.3 is 0 Å². The lowest BCUT2D eigenvalue weighted by Gasteiger charge is -2.35. The lowest BCUT2D eigenvalue weighted by atomic mass is 9.97. The van der Waals surface area contributed by atoms with Crippen LogP contribution in [0.4, 0.5) is 4.39 Å². The number of ketones is 1. The van der Waals surface area contributed by atoms with E-state index in [9.17, 15) is 14.0 Å². The van der Waals surface area contributed by atoms with Gasteiger partial charge in [0.05, 0.1) is 5.56 Å². The van der Waals surface area contributed by atoms with Crippen molar-refractivity contribution >= 4 is 11.7 Å². The average Bonchev–Trinajstić information content (AvgIpc) is 2.83. The van der Waals surface area contributed by atoms with Crippen molar-refractivity contribution < 1.29 is 14.0 Å². The van der Waals surface area contributed by atoms with Gasteiger partial charge < -0.3 is 4.90 Å². The van der Waals surface area contributed by atoms with E-state index in [1.165, 1.54) is 29.8 Å².